The van der Waals surface area contributed by atoms with Crippen molar-refractivity contribution in [3.8, 4) is 0 Å². The van der Waals surface area contributed by atoms with Gasteiger partial charge in [-0.2, -0.15) is 0 Å². The summed E-state index contributed by atoms with van der Waals surface area (Å²) in [4.78, 5) is 35.3. The van der Waals surface area contributed by atoms with Crippen LogP contribution in [0.2, 0.25) is 0 Å². The lowest BCUT2D eigenvalue weighted by Gasteiger charge is -2.36. The molecule has 1 saturated heterocycles. The normalized spacial score (nSPS) is 15.2. The third kappa shape index (κ3) is 5.17. The van der Waals surface area contributed by atoms with Crippen LogP contribution in [-0.2, 0) is 16.1 Å². The number of hydrogen-bond donors (Lipinski definition) is 0. The number of likely N-dealkylation sites (tertiary alicyclic amines) is 1. The summed E-state index contributed by atoms with van der Waals surface area (Å²) in [5.41, 5.74) is 2.89. The fourth-order valence-corrected chi connectivity index (χ4v) is 5.57. The van der Waals surface area contributed by atoms with E-state index in [2.05, 4.69) is 44.2 Å². The van der Waals surface area contributed by atoms with Crippen LogP contribution in [0.25, 0.3) is 10.2 Å². The van der Waals surface area contributed by atoms with E-state index in [1.165, 1.54) is 5.56 Å². The first kappa shape index (κ1) is 24.4. The smallest absolute Gasteiger partial charge is 0.232 e. The van der Waals surface area contributed by atoms with E-state index in [1.807, 2.05) is 48.8 Å². The van der Waals surface area contributed by atoms with Gasteiger partial charge in [0.1, 0.15) is 0 Å². The van der Waals surface area contributed by atoms with Crippen molar-refractivity contribution in [2.75, 3.05) is 18.0 Å². The molecule has 0 N–H and O–H groups in total. The van der Waals surface area contributed by atoms with Crippen molar-refractivity contribution in [3.63, 3.8) is 0 Å². The minimum atomic E-state index is -0.398. The van der Waals surface area contributed by atoms with E-state index in [4.69, 9.17) is 4.98 Å². The molecule has 0 aliphatic carbocycles. The fourth-order valence-electron chi connectivity index (χ4n) is 4.57. The Morgan fingerprint density at radius 3 is 2.35 bits per heavy atom. The first-order chi connectivity index (χ1) is 16.1. The molecule has 1 aliphatic rings. The lowest BCUT2D eigenvalue weighted by Crippen LogP contribution is -2.47. The number of fused-ring (bicyclic) bond motifs is 1. The van der Waals surface area contributed by atoms with Crippen LogP contribution in [-0.4, -0.2) is 34.8 Å². The van der Waals surface area contributed by atoms with Crippen LogP contribution in [0.1, 0.15) is 64.5 Å². The number of amides is 2. The van der Waals surface area contributed by atoms with Crippen LogP contribution in [0, 0.1) is 11.3 Å². The molecule has 1 aliphatic heterocycles. The Balaban J connectivity index is 1.61. The number of thiazole rings is 1. The van der Waals surface area contributed by atoms with Gasteiger partial charge in [0, 0.05) is 24.4 Å². The fraction of sp³-hybridized carbons (Fsp3) is 0.464. The molecule has 34 heavy (non-hydrogen) atoms. The van der Waals surface area contributed by atoms with Gasteiger partial charge in [0.15, 0.2) is 5.13 Å². The lowest BCUT2D eigenvalue weighted by atomic mass is 9.90. The summed E-state index contributed by atoms with van der Waals surface area (Å²) in [6.07, 6.45) is 1.38. The van der Waals surface area contributed by atoms with Gasteiger partial charge in [0.05, 0.1) is 16.8 Å². The molecule has 0 unspecified atom stereocenters. The SMILES string of the molecule is CC(C)c1cccc2sc(N(Cc3ccccc3)C(=O)C3CCN(C(=O)C(C)(C)C)CC3)nc12. The number of carbonyl (C=O) groups excluding carboxylic acids is 2. The molecule has 2 heterocycles. The van der Waals surface area contributed by atoms with E-state index in [9.17, 15) is 9.59 Å². The molecule has 0 radical (unpaired) electrons. The predicted octanol–water partition coefficient (Wildman–Crippen LogP) is 6.24. The summed E-state index contributed by atoms with van der Waals surface area (Å²) in [5, 5.41) is 0.755. The maximum atomic E-state index is 13.9. The molecule has 2 amide bonds. The Morgan fingerprint density at radius 1 is 1.06 bits per heavy atom. The Hall–Kier alpha value is -2.73. The number of rotatable bonds is 5. The van der Waals surface area contributed by atoms with Crippen LogP contribution in [0.3, 0.4) is 0 Å². The number of aromatic nitrogens is 1. The minimum absolute atomic E-state index is 0.107. The number of benzene rings is 2. The molecule has 0 bridgehead atoms. The first-order valence-corrected chi connectivity index (χ1v) is 13.0. The van der Waals surface area contributed by atoms with Crippen molar-refractivity contribution in [1.29, 1.82) is 0 Å². The largest absolute Gasteiger partial charge is 0.342 e. The average Bonchev–Trinajstić information content (AvgIpc) is 3.25. The van der Waals surface area contributed by atoms with Gasteiger partial charge in [-0.3, -0.25) is 14.5 Å². The maximum Gasteiger partial charge on any atom is 0.232 e. The van der Waals surface area contributed by atoms with Gasteiger partial charge in [-0.25, -0.2) is 4.98 Å². The molecule has 0 saturated carbocycles. The summed E-state index contributed by atoms with van der Waals surface area (Å²) in [6.45, 7) is 12.0. The zero-order chi connectivity index (χ0) is 24.5. The third-order valence-corrected chi connectivity index (χ3v) is 7.56. The number of nitrogens with zero attached hydrogens (tertiary/aromatic N) is 3. The van der Waals surface area contributed by atoms with Crippen molar-refractivity contribution in [3.05, 3.63) is 59.7 Å². The second-order valence-corrected chi connectivity index (χ2v) is 11.6. The highest BCUT2D eigenvalue weighted by Crippen LogP contribution is 2.35. The van der Waals surface area contributed by atoms with E-state index < -0.39 is 5.41 Å². The quantitative estimate of drug-likeness (QED) is 0.437. The molecular weight excluding hydrogens is 442 g/mol. The summed E-state index contributed by atoms with van der Waals surface area (Å²) >= 11 is 1.59. The molecule has 5 nitrogen and oxygen atoms in total. The van der Waals surface area contributed by atoms with Gasteiger partial charge in [-0.1, -0.05) is 88.4 Å². The van der Waals surface area contributed by atoms with E-state index in [-0.39, 0.29) is 17.7 Å². The number of hydrogen-bond acceptors (Lipinski definition) is 4. The predicted molar refractivity (Wildman–Crippen MR) is 140 cm³/mol. The van der Waals surface area contributed by atoms with Crippen LogP contribution in [0.4, 0.5) is 5.13 Å². The van der Waals surface area contributed by atoms with Crippen molar-refractivity contribution in [2.24, 2.45) is 11.3 Å². The highest BCUT2D eigenvalue weighted by Gasteiger charge is 2.35. The van der Waals surface area contributed by atoms with E-state index in [0.29, 0.717) is 38.4 Å². The number of piperidine rings is 1. The van der Waals surface area contributed by atoms with Crippen molar-refractivity contribution in [1.82, 2.24) is 9.88 Å². The highest BCUT2D eigenvalue weighted by molar-refractivity contribution is 7.22. The Kier molecular flexibility index (Phi) is 7.08. The Morgan fingerprint density at radius 2 is 1.74 bits per heavy atom. The molecule has 2 aromatic carbocycles. The van der Waals surface area contributed by atoms with Gasteiger partial charge in [-0.05, 0) is 36.0 Å². The average molecular weight is 478 g/mol. The zero-order valence-electron chi connectivity index (χ0n) is 20.9. The van der Waals surface area contributed by atoms with Crippen LogP contribution >= 0.6 is 11.3 Å². The van der Waals surface area contributed by atoms with Gasteiger partial charge < -0.3 is 4.90 Å². The summed E-state index contributed by atoms with van der Waals surface area (Å²) in [5.74, 6) is 0.523. The summed E-state index contributed by atoms with van der Waals surface area (Å²) < 4.78 is 1.11. The molecule has 0 atom stereocenters. The minimum Gasteiger partial charge on any atom is -0.342 e. The number of carbonyl (C=O) groups is 2. The first-order valence-electron chi connectivity index (χ1n) is 12.2. The molecule has 4 rings (SSSR count). The molecule has 6 heteroatoms. The highest BCUT2D eigenvalue weighted by atomic mass is 32.1. The van der Waals surface area contributed by atoms with E-state index in [0.717, 1.165) is 20.9 Å². The van der Waals surface area contributed by atoms with Crippen LogP contribution in [0.5, 0.6) is 0 Å². The molecule has 1 fully saturated rings. The monoisotopic (exact) mass is 477 g/mol. The molecule has 3 aromatic rings. The van der Waals surface area contributed by atoms with Crippen LogP contribution in [0.15, 0.2) is 48.5 Å². The van der Waals surface area contributed by atoms with Gasteiger partial charge >= 0.3 is 0 Å². The molecule has 180 valence electrons. The van der Waals surface area contributed by atoms with Crippen molar-refractivity contribution >= 4 is 38.5 Å². The number of anilines is 1. The van der Waals surface area contributed by atoms with E-state index >= 15 is 0 Å². The van der Waals surface area contributed by atoms with E-state index in [1.54, 1.807) is 11.3 Å². The lowest BCUT2D eigenvalue weighted by molar-refractivity contribution is -0.142. The standard InChI is InChI=1S/C28H35N3O2S/c1-19(2)22-12-9-13-23-24(22)29-27(34-23)31(18-20-10-7-6-8-11-20)25(32)21-14-16-30(17-15-21)26(33)28(3,4)5/h6-13,19,21H,14-18H2,1-5H3. The number of para-hydroxylation sites is 1. The maximum absolute atomic E-state index is 13.9. The molecule has 0 spiro atoms. The summed E-state index contributed by atoms with van der Waals surface area (Å²) in [6, 6.07) is 16.4. The second-order valence-electron chi connectivity index (χ2n) is 10.6. The topological polar surface area (TPSA) is 53.5 Å². The Bertz CT molecular complexity index is 1160. The third-order valence-electron chi connectivity index (χ3n) is 6.51. The van der Waals surface area contributed by atoms with Crippen molar-refractivity contribution in [2.45, 2.75) is 59.9 Å². The van der Waals surface area contributed by atoms with Gasteiger partial charge in [0.2, 0.25) is 11.8 Å². The molecular formula is C28H35N3O2S. The molecule has 1 aromatic heterocycles. The van der Waals surface area contributed by atoms with Gasteiger partial charge in [-0.15, -0.1) is 0 Å². The van der Waals surface area contributed by atoms with Gasteiger partial charge in [0.25, 0.3) is 0 Å². The van der Waals surface area contributed by atoms with Crippen molar-refractivity contribution < 1.29 is 9.59 Å². The zero-order valence-corrected chi connectivity index (χ0v) is 21.7. The Labute approximate surface area is 206 Å². The summed E-state index contributed by atoms with van der Waals surface area (Å²) in [7, 11) is 0. The van der Waals surface area contributed by atoms with Crippen LogP contribution < -0.4 is 4.90 Å². The second kappa shape index (κ2) is 9.87.